The predicted molar refractivity (Wildman–Crippen MR) is 117 cm³/mol. The summed E-state index contributed by atoms with van der Waals surface area (Å²) in [5.74, 6) is 2.40. The summed E-state index contributed by atoms with van der Waals surface area (Å²) in [6.45, 7) is 5.86. The summed E-state index contributed by atoms with van der Waals surface area (Å²) in [5.41, 5.74) is 3.64. The first-order valence-electron chi connectivity index (χ1n) is 9.50. The molecule has 2 aromatic carbocycles. The lowest BCUT2D eigenvalue weighted by molar-refractivity contribution is 0.385. The number of hydrogen-bond donors (Lipinski definition) is 0. The fraction of sp³-hybridized carbons (Fsp3) is 0.261. The zero-order valence-corrected chi connectivity index (χ0v) is 17.0. The minimum absolute atomic E-state index is 0.755. The van der Waals surface area contributed by atoms with Crippen molar-refractivity contribution < 1.29 is 9.15 Å². The van der Waals surface area contributed by atoms with Crippen LogP contribution in [0.15, 0.2) is 65.1 Å². The number of benzene rings is 2. The third-order valence-electron chi connectivity index (χ3n) is 5.21. The molecule has 0 spiro atoms. The smallest absolute Gasteiger partial charge is 0.162 e. The van der Waals surface area contributed by atoms with E-state index in [2.05, 4.69) is 41.0 Å². The van der Waals surface area contributed by atoms with Crippen LogP contribution in [0.5, 0.6) is 5.75 Å². The molecule has 0 aliphatic carbocycles. The van der Waals surface area contributed by atoms with Crippen molar-refractivity contribution in [2.45, 2.75) is 6.92 Å². The van der Waals surface area contributed by atoms with Gasteiger partial charge in [-0.3, -0.25) is 0 Å². The fourth-order valence-electron chi connectivity index (χ4n) is 3.59. The number of aryl methyl sites for hydroxylation is 1. The highest BCUT2D eigenvalue weighted by atomic mass is 32.1. The molecule has 3 aromatic rings. The van der Waals surface area contributed by atoms with Gasteiger partial charge in [-0.15, -0.1) is 0 Å². The second kappa shape index (κ2) is 8.07. The molecule has 0 unspecified atom stereocenters. The Balaban J connectivity index is 1.42. The van der Waals surface area contributed by atoms with Gasteiger partial charge in [-0.2, -0.15) is 0 Å². The van der Waals surface area contributed by atoms with Crippen molar-refractivity contribution in [3.63, 3.8) is 0 Å². The molecule has 0 radical (unpaired) electrons. The summed E-state index contributed by atoms with van der Waals surface area (Å²) < 4.78 is 11.3. The van der Waals surface area contributed by atoms with Crippen molar-refractivity contribution >= 4 is 22.9 Å². The van der Waals surface area contributed by atoms with Crippen LogP contribution >= 0.6 is 12.2 Å². The number of piperazine rings is 1. The fourth-order valence-corrected chi connectivity index (χ4v) is 3.88. The van der Waals surface area contributed by atoms with Gasteiger partial charge in [-0.25, -0.2) is 0 Å². The maximum absolute atomic E-state index is 6.05. The number of anilines is 1. The lowest BCUT2D eigenvalue weighted by Gasteiger charge is -2.37. The van der Waals surface area contributed by atoms with Gasteiger partial charge in [-0.1, -0.05) is 30.4 Å². The summed E-state index contributed by atoms with van der Waals surface area (Å²) in [6, 6.07) is 20.3. The Bertz CT molecular complexity index is 957. The number of para-hydroxylation sites is 1. The lowest BCUT2D eigenvalue weighted by atomic mass is 10.1. The maximum atomic E-state index is 6.05. The van der Waals surface area contributed by atoms with Gasteiger partial charge in [0.25, 0.3) is 0 Å². The highest BCUT2D eigenvalue weighted by Gasteiger charge is 2.22. The van der Waals surface area contributed by atoms with Crippen molar-refractivity contribution in [2.24, 2.45) is 0 Å². The molecule has 0 bridgehead atoms. The van der Waals surface area contributed by atoms with Gasteiger partial charge in [0.15, 0.2) is 5.76 Å². The van der Waals surface area contributed by atoms with E-state index in [-0.39, 0.29) is 0 Å². The molecule has 1 saturated heterocycles. The quantitative estimate of drug-likeness (QED) is 0.597. The van der Waals surface area contributed by atoms with Crippen LogP contribution in [0.2, 0.25) is 0 Å². The zero-order valence-electron chi connectivity index (χ0n) is 16.2. The summed E-state index contributed by atoms with van der Waals surface area (Å²) in [6.07, 6.45) is 0. The van der Waals surface area contributed by atoms with Crippen LogP contribution in [0.3, 0.4) is 0 Å². The van der Waals surface area contributed by atoms with Crippen molar-refractivity contribution in [3.05, 3.63) is 72.0 Å². The van der Waals surface area contributed by atoms with E-state index in [0.29, 0.717) is 0 Å². The number of ether oxygens (including phenoxy) is 1. The first-order valence-corrected chi connectivity index (χ1v) is 9.90. The zero-order chi connectivity index (χ0) is 19.5. The van der Waals surface area contributed by atoms with Crippen molar-refractivity contribution in [1.82, 2.24) is 4.90 Å². The molecule has 144 valence electrons. The molecule has 1 aliphatic heterocycles. The molecule has 0 amide bonds. The second-order valence-electron chi connectivity index (χ2n) is 6.96. The first kappa shape index (κ1) is 18.6. The average Bonchev–Trinajstić information content (AvgIpc) is 3.24. The van der Waals surface area contributed by atoms with Crippen LogP contribution in [0.1, 0.15) is 11.3 Å². The highest BCUT2D eigenvalue weighted by molar-refractivity contribution is 7.80. The third kappa shape index (κ3) is 3.76. The SMILES string of the molecule is COc1ccc(-c2ccc(C(=S)N3CCN(c4ccccc4C)CC3)o2)cc1. The number of rotatable bonds is 4. The van der Waals surface area contributed by atoms with Gasteiger partial charge >= 0.3 is 0 Å². The first-order chi connectivity index (χ1) is 13.7. The van der Waals surface area contributed by atoms with Crippen molar-refractivity contribution in [2.75, 3.05) is 38.2 Å². The molecule has 0 atom stereocenters. The van der Waals surface area contributed by atoms with Gasteiger partial charge in [0, 0.05) is 37.4 Å². The van der Waals surface area contributed by atoms with Gasteiger partial charge < -0.3 is 19.0 Å². The second-order valence-corrected chi connectivity index (χ2v) is 7.34. The van der Waals surface area contributed by atoms with Crippen LogP contribution < -0.4 is 9.64 Å². The van der Waals surface area contributed by atoms with Crippen LogP contribution in [0.25, 0.3) is 11.3 Å². The van der Waals surface area contributed by atoms with Crippen LogP contribution in [-0.4, -0.2) is 43.2 Å². The molecule has 0 saturated carbocycles. The number of thiocarbonyl (C=S) groups is 1. The largest absolute Gasteiger partial charge is 0.497 e. The van der Waals surface area contributed by atoms with Crippen LogP contribution in [0.4, 0.5) is 5.69 Å². The lowest BCUT2D eigenvalue weighted by Crippen LogP contribution is -2.48. The van der Waals surface area contributed by atoms with E-state index < -0.39 is 0 Å². The summed E-state index contributed by atoms with van der Waals surface area (Å²) >= 11 is 5.72. The van der Waals surface area contributed by atoms with Crippen molar-refractivity contribution in [3.8, 4) is 17.1 Å². The van der Waals surface area contributed by atoms with Crippen molar-refractivity contribution in [1.29, 1.82) is 0 Å². The predicted octanol–water partition coefficient (Wildman–Crippen LogP) is 4.76. The monoisotopic (exact) mass is 392 g/mol. The minimum Gasteiger partial charge on any atom is -0.497 e. The standard InChI is InChI=1S/C23H24N2O2S/c1-17-5-3-4-6-20(17)24-13-15-25(16-14-24)23(28)22-12-11-21(27-22)18-7-9-19(26-2)10-8-18/h3-12H,13-16H2,1-2H3. The Kier molecular flexibility index (Phi) is 5.35. The topological polar surface area (TPSA) is 28.9 Å². The third-order valence-corrected chi connectivity index (χ3v) is 5.67. The molecule has 5 heteroatoms. The molecule has 1 aliphatic rings. The van der Waals surface area contributed by atoms with E-state index in [1.165, 1.54) is 11.3 Å². The van der Waals surface area contributed by atoms with Crippen LogP contribution in [-0.2, 0) is 0 Å². The Morgan fingerprint density at radius 2 is 1.64 bits per heavy atom. The van der Waals surface area contributed by atoms with E-state index in [0.717, 1.165) is 54.0 Å². The molecule has 2 heterocycles. The van der Waals surface area contributed by atoms with E-state index in [1.807, 2.05) is 36.4 Å². The van der Waals surface area contributed by atoms with Gasteiger partial charge in [-0.05, 0) is 55.0 Å². The molecular weight excluding hydrogens is 368 g/mol. The van der Waals surface area contributed by atoms with E-state index in [4.69, 9.17) is 21.4 Å². The Morgan fingerprint density at radius 1 is 0.929 bits per heavy atom. The molecule has 0 N–H and O–H groups in total. The van der Waals surface area contributed by atoms with Crippen LogP contribution in [0, 0.1) is 6.92 Å². The number of nitrogens with zero attached hydrogens (tertiary/aromatic N) is 2. The molecule has 28 heavy (non-hydrogen) atoms. The van der Waals surface area contributed by atoms with E-state index in [1.54, 1.807) is 7.11 Å². The summed E-state index contributed by atoms with van der Waals surface area (Å²) in [7, 11) is 1.66. The Hall–Kier alpha value is -2.79. The normalized spacial score (nSPS) is 14.2. The van der Waals surface area contributed by atoms with E-state index in [9.17, 15) is 0 Å². The molecule has 4 nitrogen and oxygen atoms in total. The molecule has 4 rings (SSSR count). The van der Waals surface area contributed by atoms with Gasteiger partial charge in [0.1, 0.15) is 16.5 Å². The highest BCUT2D eigenvalue weighted by Crippen LogP contribution is 2.26. The number of hydrogen-bond acceptors (Lipinski definition) is 4. The Morgan fingerprint density at radius 3 is 2.32 bits per heavy atom. The maximum Gasteiger partial charge on any atom is 0.162 e. The molecular formula is C23H24N2O2S. The average molecular weight is 393 g/mol. The number of methoxy groups -OCH3 is 1. The molecule has 1 fully saturated rings. The minimum atomic E-state index is 0.755. The molecule has 1 aromatic heterocycles. The number of furan rings is 1. The van der Waals surface area contributed by atoms with Gasteiger partial charge in [0.05, 0.1) is 7.11 Å². The Labute approximate surface area is 171 Å². The van der Waals surface area contributed by atoms with E-state index >= 15 is 0 Å². The summed E-state index contributed by atoms with van der Waals surface area (Å²) in [5, 5.41) is 0. The van der Waals surface area contributed by atoms with Gasteiger partial charge in [0.2, 0.25) is 0 Å². The summed E-state index contributed by atoms with van der Waals surface area (Å²) in [4.78, 5) is 5.45.